The Morgan fingerprint density at radius 1 is 1.47 bits per heavy atom. The van der Waals surface area contributed by atoms with Crippen LogP contribution in [0.4, 0.5) is 0 Å². The van der Waals surface area contributed by atoms with Crippen molar-refractivity contribution in [2.75, 3.05) is 0 Å². The van der Waals surface area contributed by atoms with E-state index in [1.165, 1.54) is 0 Å². The molecule has 1 rings (SSSR count). The highest BCUT2D eigenvalue weighted by atomic mass is 16.6. The maximum atomic E-state index is 10.6. The van der Waals surface area contributed by atoms with Crippen molar-refractivity contribution in [3.8, 4) is 0 Å². The number of aliphatic hydroxyl groups excluding tert-OH is 2. The van der Waals surface area contributed by atoms with E-state index in [-0.39, 0.29) is 12.0 Å². The molecule has 0 amide bonds. The van der Waals surface area contributed by atoms with Crippen molar-refractivity contribution in [3.63, 3.8) is 0 Å². The maximum Gasteiger partial charge on any atom is 0.331 e. The second-order valence-electron chi connectivity index (χ2n) is 3.33. The average molecular weight is 216 g/mol. The first-order chi connectivity index (χ1) is 6.91. The van der Waals surface area contributed by atoms with Crippen molar-refractivity contribution in [3.05, 3.63) is 11.6 Å². The molecule has 0 saturated heterocycles. The largest absolute Gasteiger partial charge is 0.478 e. The molecule has 1 aliphatic rings. The molecular formula is C9H12O6. The molecule has 6 heteroatoms. The zero-order valence-corrected chi connectivity index (χ0v) is 8.08. The molecule has 6 nitrogen and oxygen atoms in total. The minimum atomic E-state index is -1.28. The monoisotopic (exact) mass is 216 g/mol. The first-order valence-corrected chi connectivity index (χ1v) is 4.39. The number of rotatable bonds is 2. The zero-order valence-electron chi connectivity index (χ0n) is 8.08. The minimum Gasteiger partial charge on any atom is -0.478 e. The molecule has 0 spiro atoms. The summed E-state index contributed by atoms with van der Waals surface area (Å²) in [6.07, 6.45) is -2.63. The summed E-state index contributed by atoms with van der Waals surface area (Å²) in [6, 6.07) is 0. The van der Waals surface area contributed by atoms with E-state index in [4.69, 9.17) is 5.11 Å². The van der Waals surface area contributed by atoms with E-state index in [0.717, 1.165) is 13.0 Å². The highest BCUT2D eigenvalue weighted by molar-refractivity contribution is 5.87. The first kappa shape index (κ1) is 11.7. The molecule has 0 fully saturated rings. The highest BCUT2D eigenvalue weighted by Gasteiger charge is 2.34. The fourth-order valence-corrected chi connectivity index (χ4v) is 1.38. The molecule has 0 heterocycles. The molecule has 3 N–H and O–H groups in total. The molecule has 0 aliphatic heterocycles. The third kappa shape index (κ3) is 2.77. The Morgan fingerprint density at radius 2 is 2.07 bits per heavy atom. The Labute approximate surface area is 85.8 Å². The number of hydrogen-bond donors (Lipinski definition) is 3. The van der Waals surface area contributed by atoms with E-state index in [2.05, 4.69) is 4.74 Å². The molecule has 1 aliphatic carbocycles. The Morgan fingerprint density at radius 3 is 2.53 bits per heavy atom. The van der Waals surface area contributed by atoms with Gasteiger partial charge in [-0.2, -0.15) is 0 Å². The molecule has 84 valence electrons. The van der Waals surface area contributed by atoms with Gasteiger partial charge in [-0.05, 0) is 6.08 Å². The number of carbonyl (C=O) groups is 2. The Kier molecular flexibility index (Phi) is 3.43. The zero-order chi connectivity index (χ0) is 11.6. The number of carboxylic acid groups (broad SMARTS) is 1. The smallest absolute Gasteiger partial charge is 0.331 e. The first-order valence-electron chi connectivity index (χ1n) is 4.39. The molecule has 0 bridgehead atoms. The Balaban J connectivity index is 2.86. The van der Waals surface area contributed by atoms with Gasteiger partial charge >= 0.3 is 11.9 Å². The van der Waals surface area contributed by atoms with Crippen molar-refractivity contribution in [2.45, 2.75) is 31.7 Å². The van der Waals surface area contributed by atoms with Crippen molar-refractivity contribution < 1.29 is 29.6 Å². The molecule has 0 aromatic rings. The molecular weight excluding hydrogens is 204 g/mol. The molecule has 0 saturated carbocycles. The van der Waals surface area contributed by atoms with Crippen molar-refractivity contribution in [2.24, 2.45) is 0 Å². The molecule has 0 radical (unpaired) electrons. The van der Waals surface area contributed by atoms with Gasteiger partial charge < -0.3 is 20.1 Å². The van der Waals surface area contributed by atoms with Crippen LogP contribution >= 0.6 is 0 Å². The number of aliphatic hydroxyl groups is 2. The standard InChI is InChI=1S/C9H12O6/c1-4(10)15-7-3-5(9(13)14)2-6(11)8(7)12/h3,6-8,11-12H,2H2,1H3,(H,13,14). The summed E-state index contributed by atoms with van der Waals surface area (Å²) in [5.41, 5.74) is -0.0703. The van der Waals surface area contributed by atoms with Gasteiger partial charge in [0.1, 0.15) is 12.2 Å². The van der Waals surface area contributed by atoms with Crippen LogP contribution in [0.1, 0.15) is 13.3 Å². The number of ether oxygens (including phenoxy) is 1. The van der Waals surface area contributed by atoms with Gasteiger partial charge in [-0.3, -0.25) is 4.79 Å². The van der Waals surface area contributed by atoms with Gasteiger partial charge in [0, 0.05) is 18.9 Å². The molecule has 15 heavy (non-hydrogen) atoms. The quantitative estimate of drug-likeness (QED) is 0.514. The summed E-state index contributed by atoms with van der Waals surface area (Å²) in [5, 5.41) is 27.4. The van der Waals surface area contributed by atoms with Crippen molar-refractivity contribution in [1.29, 1.82) is 0 Å². The molecule has 3 atom stereocenters. The topological polar surface area (TPSA) is 104 Å². The van der Waals surface area contributed by atoms with Crippen molar-refractivity contribution in [1.82, 2.24) is 0 Å². The van der Waals surface area contributed by atoms with E-state index in [9.17, 15) is 19.8 Å². The van der Waals surface area contributed by atoms with E-state index in [1.54, 1.807) is 0 Å². The molecule has 0 aromatic heterocycles. The van der Waals surface area contributed by atoms with Crippen LogP contribution in [0.15, 0.2) is 11.6 Å². The summed E-state index contributed by atoms with van der Waals surface area (Å²) in [5.74, 6) is -1.84. The van der Waals surface area contributed by atoms with Gasteiger partial charge in [0.05, 0.1) is 6.10 Å². The fourth-order valence-electron chi connectivity index (χ4n) is 1.38. The number of aliphatic carboxylic acids is 1. The molecule has 0 aromatic carbocycles. The van der Waals surface area contributed by atoms with Crippen LogP contribution in [-0.2, 0) is 14.3 Å². The van der Waals surface area contributed by atoms with E-state index in [0.29, 0.717) is 0 Å². The second kappa shape index (κ2) is 4.41. The Hall–Kier alpha value is -1.40. The summed E-state index contributed by atoms with van der Waals surface area (Å²) < 4.78 is 4.67. The second-order valence-corrected chi connectivity index (χ2v) is 3.33. The van der Waals surface area contributed by atoms with Crippen molar-refractivity contribution >= 4 is 11.9 Å². The highest BCUT2D eigenvalue weighted by Crippen LogP contribution is 2.21. The van der Waals surface area contributed by atoms with Gasteiger partial charge in [0.25, 0.3) is 0 Å². The predicted molar refractivity (Wildman–Crippen MR) is 47.9 cm³/mol. The SMILES string of the molecule is CC(=O)OC1C=C(C(=O)O)CC(O)C1O. The summed E-state index contributed by atoms with van der Waals surface area (Å²) in [6.45, 7) is 1.14. The van der Waals surface area contributed by atoms with Gasteiger partial charge in [-0.1, -0.05) is 0 Å². The van der Waals surface area contributed by atoms with E-state index < -0.39 is 30.3 Å². The van der Waals surface area contributed by atoms with Crippen LogP contribution in [0.5, 0.6) is 0 Å². The van der Waals surface area contributed by atoms with Crippen LogP contribution in [0.2, 0.25) is 0 Å². The fraction of sp³-hybridized carbons (Fsp3) is 0.556. The normalized spacial score (nSPS) is 30.6. The Bertz CT molecular complexity index is 308. The van der Waals surface area contributed by atoms with E-state index >= 15 is 0 Å². The third-order valence-corrected chi connectivity index (χ3v) is 2.10. The molecule has 3 unspecified atom stereocenters. The van der Waals surface area contributed by atoms with Crippen LogP contribution in [0.3, 0.4) is 0 Å². The van der Waals surface area contributed by atoms with Crippen LogP contribution in [0, 0.1) is 0 Å². The lowest BCUT2D eigenvalue weighted by Crippen LogP contribution is -2.43. The minimum absolute atomic E-state index is 0.0703. The predicted octanol–water partition coefficient (Wildman–Crippen LogP) is -0.945. The lowest BCUT2D eigenvalue weighted by atomic mass is 9.92. The summed E-state index contributed by atoms with van der Waals surface area (Å²) >= 11 is 0. The summed E-state index contributed by atoms with van der Waals surface area (Å²) in [7, 11) is 0. The number of carbonyl (C=O) groups excluding carboxylic acids is 1. The third-order valence-electron chi connectivity index (χ3n) is 2.10. The maximum absolute atomic E-state index is 10.6. The van der Waals surface area contributed by atoms with Gasteiger partial charge in [0.2, 0.25) is 0 Å². The number of hydrogen-bond acceptors (Lipinski definition) is 5. The van der Waals surface area contributed by atoms with Gasteiger partial charge in [-0.25, -0.2) is 4.79 Å². The average Bonchev–Trinajstić information content (AvgIpc) is 2.11. The van der Waals surface area contributed by atoms with Gasteiger partial charge in [-0.15, -0.1) is 0 Å². The summed E-state index contributed by atoms with van der Waals surface area (Å²) in [4.78, 5) is 21.3. The van der Waals surface area contributed by atoms with Crippen LogP contribution in [-0.4, -0.2) is 45.6 Å². The number of carboxylic acids is 1. The van der Waals surface area contributed by atoms with Crippen LogP contribution < -0.4 is 0 Å². The van der Waals surface area contributed by atoms with Gasteiger partial charge in [0.15, 0.2) is 0 Å². The van der Waals surface area contributed by atoms with Crippen LogP contribution in [0.25, 0.3) is 0 Å². The lowest BCUT2D eigenvalue weighted by Gasteiger charge is -2.28. The van der Waals surface area contributed by atoms with E-state index in [1.807, 2.05) is 0 Å². The number of esters is 1. The lowest BCUT2D eigenvalue weighted by molar-refractivity contribution is -0.154.